The van der Waals surface area contributed by atoms with E-state index in [1.165, 1.54) is 12.1 Å². The average molecular weight is 341 g/mol. The molecule has 23 heavy (non-hydrogen) atoms. The fourth-order valence-corrected chi connectivity index (χ4v) is 2.91. The quantitative estimate of drug-likeness (QED) is 0.859. The fourth-order valence-electron chi connectivity index (χ4n) is 2.18. The van der Waals surface area contributed by atoms with E-state index in [-0.39, 0.29) is 17.0 Å². The van der Waals surface area contributed by atoms with Crippen molar-refractivity contribution in [2.24, 2.45) is 0 Å². The lowest BCUT2D eigenvalue weighted by Crippen LogP contribution is -2.22. The zero-order valence-corrected chi connectivity index (χ0v) is 14.3. The molecule has 2 rings (SSSR count). The Bertz CT molecular complexity index is 788. The highest BCUT2D eigenvalue weighted by molar-refractivity contribution is 7.90. The van der Waals surface area contributed by atoms with Gasteiger partial charge in [-0.25, -0.2) is 17.5 Å². The second kappa shape index (κ2) is 6.71. The SMILES string of the molecule is CC(NCc1nnnn1C(C)C)c1ccc(S(C)(=O)=O)c(F)c1. The van der Waals surface area contributed by atoms with Crippen LogP contribution in [0.3, 0.4) is 0 Å². The van der Waals surface area contributed by atoms with Gasteiger partial charge in [-0.3, -0.25) is 0 Å². The molecule has 0 aliphatic heterocycles. The van der Waals surface area contributed by atoms with Crippen LogP contribution in [0.1, 0.15) is 44.2 Å². The van der Waals surface area contributed by atoms with Crippen molar-refractivity contribution in [2.45, 2.75) is 44.3 Å². The van der Waals surface area contributed by atoms with Gasteiger partial charge in [-0.1, -0.05) is 6.07 Å². The summed E-state index contributed by atoms with van der Waals surface area (Å²) in [5.41, 5.74) is 0.651. The average Bonchev–Trinajstić information content (AvgIpc) is 2.91. The Morgan fingerprint density at radius 3 is 2.57 bits per heavy atom. The number of rotatable bonds is 6. The summed E-state index contributed by atoms with van der Waals surface area (Å²) in [6.07, 6.45) is 0.985. The Balaban J connectivity index is 2.11. The molecule has 0 spiro atoms. The summed E-state index contributed by atoms with van der Waals surface area (Å²) >= 11 is 0. The Labute approximate surface area is 134 Å². The van der Waals surface area contributed by atoms with Crippen LogP contribution in [0.15, 0.2) is 23.1 Å². The molecule has 1 N–H and O–H groups in total. The van der Waals surface area contributed by atoms with Crippen LogP contribution < -0.4 is 5.32 Å². The first kappa shape index (κ1) is 17.5. The number of benzene rings is 1. The van der Waals surface area contributed by atoms with E-state index in [1.807, 2.05) is 20.8 Å². The van der Waals surface area contributed by atoms with Crippen molar-refractivity contribution in [3.8, 4) is 0 Å². The highest BCUT2D eigenvalue weighted by Crippen LogP contribution is 2.20. The van der Waals surface area contributed by atoms with E-state index in [2.05, 4.69) is 20.8 Å². The van der Waals surface area contributed by atoms with Crippen LogP contribution in [0.2, 0.25) is 0 Å². The lowest BCUT2D eigenvalue weighted by atomic mass is 10.1. The maximum atomic E-state index is 13.9. The number of sulfone groups is 1. The van der Waals surface area contributed by atoms with Gasteiger partial charge in [-0.15, -0.1) is 5.10 Å². The third-order valence-electron chi connectivity index (χ3n) is 3.47. The summed E-state index contributed by atoms with van der Waals surface area (Å²) in [4.78, 5) is -0.294. The number of halogens is 1. The second-order valence-corrected chi connectivity index (χ2v) is 7.68. The third kappa shape index (κ3) is 4.11. The zero-order valence-electron chi connectivity index (χ0n) is 13.5. The predicted octanol–water partition coefficient (Wildman–Crippen LogP) is 1.65. The fraction of sp³-hybridized carbons (Fsp3) is 0.500. The van der Waals surface area contributed by atoms with E-state index in [0.717, 1.165) is 6.26 Å². The van der Waals surface area contributed by atoms with E-state index < -0.39 is 15.7 Å². The predicted molar refractivity (Wildman–Crippen MR) is 83.0 cm³/mol. The van der Waals surface area contributed by atoms with Crippen molar-refractivity contribution in [1.29, 1.82) is 0 Å². The molecule has 0 saturated heterocycles. The molecule has 0 amide bonds. The Morgan fingerprint density at radius 2 is 2.00 bits per heavy atom. The summed E-state index contributed by atoms with van der Waals surface area (Å²) < 4.78 is 38.5. The van der Waals surface area contributed by atoms with Gasteiger partial charge in [-0.2, -0.15) is 0 Å². The summed E-state index contributed by atoms with van der Waals surface area (Å²) in [6, 6.07) is 4.08. The van der Waals surface area contributed by atoms with Crippen LogP contribution in [0.25, 0.3) is 0 Å². The van der Waals surface area contributed by atoms with E-state index >= 15 is 0 Å². The number of tetrazole rings is 1. The molecule has 1 aromatic heterocycles. The molecule has 126 valence electrons. The monoisotopic (exact) mass is 341 g/mol. The minimum atomic E-state index is -3.56. The van der Waals surface area contributed by atoms with Crippen LogP contribution in [0, 0.1) is 5.82 Å². The number of hydrogen-bond acceptors (Lipinski definition) is 6. The molecule has 0 fully saturated rings. The van der Waals surface area contributed by atoms with Crippen molar-refractivity contribution < 1.29 is 12.8 Å². The number of nitrogens with zero attached hydrogens (tertiary/aromatic N) is 4. The summed E-state index contributed by atoms with van der Waals surface area (Å²) in [5.74, 6) is -0.0641. The maximum Gasteiger partial charge on any atom is 0.178 e. The normalized spacial score (nSPS) is 13.5. The molecular formula is C14H20FN5O2S. The molecule has 2 aromatic rings. The lowest BCUT2D eigenvalue weighted by molar-refractivity contribution is 0.467. The molecule has 0 aliphatic carbocycles. The molecule has 9 heteroatoms. The lowest BCUT2D eigenvalue weighted by Gasteiger charge is -2.15. The van der Waals surface area contributed by atoms with Gasteiger partial charge >= 0.3 is 0 Å². The summed E-state index contributed by atoms with van der Waals surface area (Å²) in [5, 5.41) is 14.7. The minimum Gasteiger partial charge on any atom is -0.303 e. The molecule has 0 radical (unpaired) electrons. The molecule has 7 nitrogen and oxygen atoms in total. The smallest absolute Gasteiger partial charge is 0.178 e. The van der Waals surface area contributed by atoms with E-state index in [1.54, 1.807) is 10.7 Å². The van der Waals surface area contributed by atoms with Crippen molar-refractivity contribution in [2.75, 3.05) is 6.26 Å². The molecule has 1 unspecified atom stereocenters. The topological polar surface area (TPSA) is 89.8 Å². The maximum absolute atomic E-state index is 13.9. The van der Waals surface area contributed by atoms with Gasteiger partial charge in [0, 0.05) is 12.3 Å². The van der Waals surface area contributed by atoms with E-state index in [4.69, 9.17) is 0 Å². The number of nitrogens with one attached hydrogen (secondary N) is 1. The first-order valence-corrected chi connectivity index (χ1v) is 9.09. The van der Waals surface area contributed by atoms with Crippen LogP contribution >= 0.6 is 0 Å². The minimum absolute atomic E-state index is 0.142. The highest BCUT2D eigenvalue weighted by atomic mass is 32.2. The molecule has 1 atom stereocenters. The largest absolute Gasteiger partial charge is 0.303 e. The molecular weight excluding hydrogens is 321 g/mol. The highest BCUT2D eigenvalue weighted by Gasteiger charge is 2.16. The summed E-state index contributed by atoms with van der Waals surface area (Å²) in [7, 11) is -3.56. The van der Waals surface area contributed by atoms with Crippen molar-refractivity contribution in [3.05, 3.63) is 35.4 Å². The first-order valence-electron chi connectivity index (χ1n) is 7.19. The van der Waals surface area contributed by atoms with Crippen molar-refractivity contribution in [3.63, 3.8) is 0 Å². The Morgan fingerprint density at radius 1 is 1.30 bits per heavy atom. The first-order chi connectivity index (χ1) is 10.7. The van der Waals surface area contributed by atoms with Crippen LogP contribution in [-0.4, -0.2) is 34.9 Å². The second-order valence-electron chi connectivity index (χ2n) is 5.70. The van der Waals surface area contributed by atoms with Crippen molar-refractivity contribution in [1.82, 2.24) is 25.5 Å². The van der Waals surface area contributed by atoms with E-state index in [9.17, 15) is 12.8 Å². The number of hydrogen-bond donors (Lipinski definition) is 1. The van der Waals surface area contributed by atoms with Gasteiger partial charge in [0.15, 0.2) is 15.7 Å². The van der Waals surface area contributed by atoms with Gasteiger partial charge in [0.05, 0.1) is 12.6 Å². The van der Waals surface area contributed by atoms with Gasteiger partial charge in [0.2, 0.25) is 0 Å². The molecule has 0 saturated carbocycles. The third-order valence-corrected chi connectivity index (χ3v) is 4.60. The zero-order chi connectivity index (χ0) is 17.2. The van der Waals surface area contributed by atoms with Gasteiger partial charge in [0.1, 0.15) is 10.7 Å². The Hall–Kier alpha value is -1.87. The van der Waals surface area contributed by atoms with E-state index in [0.29, 0.717) is 17.9 Å². The molecule has 1 heterocycles. The molecule has 0 aliphatic rings. The molecule has 0 bridgehead atoms. The van der Waals surface area contributed by atoms with Crippen LogP contribution in [0.4, 0.5) is 4.39 Å². The van der Waals surface area contributed by atoms with Gasteiger partial charge in [-0.05, 0) is 48.9 Å². The van der Waals surface area contributed by atoms with Crippen LogP contribution in [-0.2, 0) is 16.4 Å². The van der Waals surface area contributed by atoms with Gasteiger partial charge in [0.25, 0.3) is 0 Å². The Kier molecular flexibility index (Phi) is 5.10. The summed E-state index contributed by atoms with van der Waals surface area (Å²) in [6.45, 7) is 6.23. The van der Waals surface area contributed by atoms with Gasteiger partial charge < -0.3 is 5.32 Å². The molecule has 1 aromatic carbocycles. The van der Waals surface area contributed by atoms with Crippen molar-refractivity contribution >= 4 is 9.84 Å². The standard InChI is InChI=1S/C14H20FN5O2S/c1-9(2)20-14(17-18-19-20)8-16-10(3)11-5-6-13(12(15)7-11)23(4,21)22/h5-7,9-10,16H,8H2,1-4H3. The van der Waals surface area contributed by atoms with Crippen LogP contribution in [0.5, 0.6) is 0 Å². The number of aromatic nitrogens is 4.